The number of hydrogen-bond donors (Lipinski definition) is 1. The van der Waals surface area contributed by atoms with E-state index in [1.165, 1.54) is 16.5 Å². The molecule has 0 saturated heterocycles. The van der Waals surface area contributed by atoms with Crippen molar-refractivity contribution in [2.75, 3.05) is 5.32 Å². The Morgan fingerprint density at radius 1 is 0.850 bits per heavy atom. The molecule has 1 aromatic heterocycles. The van der Waals surface area contributed by atoms with Gasteiger partial charge in [-0.1, -0.05) is 29.8 Å². The second-order valence-corrected chi connectivity index (χ2v) is 5.27. The van der Waals surface area contributed by atoms with Crippen LogP contribution in [-0.4, -0.2) is 4.98 Å². The lowest BCUT2D eigenvalue weighted by molar-refractivity contribution is 1.25. The number of benzene rings is 2. The molecule has 0 fully saturated rings. The summed E-state index contributed by atoms with van der Waals surface area (Å²) < 4.78 is 0. The molecule has 2 heteroatoms. The molecular weight excluding hydrogens is 244 g/mol. The van der Waals surface area contributed by atoms with Crippen molar-refractivity contribution in [3.8, 4) is 0 Å². The van der Waals surface area contributed by atoms with Gasteiger partial charge in [0, 0.05) is 22.5 Å². The SMILES string of the molecule is Cc1ccc2nc(C)cc(Nc3ccccc3C)c2c1. The largest absolute Gasteiger partial charge is 0.355 e. The van der Waals surface area contributed by atoms with Crippen LogP contribution in [0.3, 0.4) is 0 Å². The quantitative estimate of drug-likeness (QED) is 0.710. The van der Waals surface area contributed by atoms with Crippen molar-refractivity contribution in [1.29, 1.82) is 0 Å². The van der Waals surface area contributed by atoms with E-state index in [2.05, 4.69) is 72.7 Å². The lowest BCUT2D eigenvalue weighted by Gasteiger charge is -2.13. The van der Waals surface area contributed by atoms with Crippen molar-refractivity contribution in [1.82, 2.24) is 4.98 Å². The highest BCUT2D eigenvalue weighted by Gasteiger charge is 2.06. The number of rotatable bonds is 2. The third kappa shape index (κ3) is 2.37. The summed E-state index contributed by atoms with van der Waals surface area (Å²) in [7, 11) is 0. The summed E-state index contributed by atoms with van der Waals surface area (Å²) in [6, 6.07) is 16.8. The van der Waals surface area contributed by atoms with Crippen molar-refractivity contribution < 1.29 is 0 Å². The standard InChI is InChI=1S/C18H18N2/c1-12-8-9-17-15(10-12)18(11-14(3)19-17)20-16-7-5-4-6-13(16)2/h4-11H,1-3H3,(H,19,20). The molecule has 0 unspecified atom stereocenters. The first-order valence-corrected chi connectivity index (χ1v) is 6.84. The van der Waals surface area contributed by atoms with Gasteiger partial charge in [0.15, 0.2) is 0 Å². The van der Waals surface area contributed by atoms with Gasteiger partial charge in [0.2, 0.25) is 0 Å². The molecule has 100 valence electrons. The molecule has 1 heterocycles. The maximum Gasteiger partial charge on any atom is 0.0726 e. The predicted octanol–water partition coefficient (Wildman–Crippen LogP) is 4.90. The number of fused-ring (bicyclic) bond motifs is 1. The summed E-state index contributed by atoms with van der Waals surface area (Å²) in [6.07, 6.45) is 0. The van der Waals surface area contributed by atoms with Gasteiger partial charge < -0.3 is 5.32 Å². The number of anilines is 2. The Morgan fingerprint density at radius 2 is 1.65 bits per heavy atom. The molecule has 2 nitrogen and oxygen atoms in total. The molecule has 0 saturated carbocycles. The van der Waals surface area contributed by atoms with Gasteiger partial charge in [0.25, 0.3) is 0 Å². The van der Waals surface area contributed by atoms with E-state index < -0.39 is 0 Å². The lowest BCUT2D eigenvalue weighted by Crippen LogP contribution is -1.96. The van der Waals surface area contributed by atoms with E-state index in [4.69, 9.17) is 0 Å². The van der Waals surface area contributed by atoms with Crippen LogP contribution in [0.5, 0.6) is 0 Å². The summed E-state index contributed by atoms with van der Waals surface area (Å²) >= 11 is 0. The maximum absolute atomic E-state index is 4.60. The Kier molecular flexibility index (Phi) is 3.15. The highest BCUT2D eigenvalue weighted by atomic mass is 14.9. The molecule has 3 aromatic rings. The highest BCUT2D eigenvalue weighted by Crippen LogP contribution is 2.28. The zero-order valence-corrected chi connectivity index (χ0v) is 12.1. The second kappa shape index (κ2) is 4.97. The van der Waals surface area contributed by atoms with Crippen molar-refractivity contribution in [3.63, 3.8) is 0 Å². The minimum absolute atomic E-state index is 1.03. The van der Waals surface area contributed by atoms with E-state index in [9.17, 15) is 0 Å². The molecule has 0 aliphatic carbocycles. The first-order valence-electron chi connectivity index (χ1n) is 6.84. The van der Waals surface area contributed by atoms with Crippen molar-refractivity contribution in [3.05, 3.63) is 65.4 Å². The van der Waals surface area contributed by atoms with Gasteiger partial charge in [-0.2, -0.15) is 0 Å². The van der Waals surface area contributed by atoms with Gasteiger partial charge in [-0.05, 0) is 50.6 Å². The summed E-state index contributed by atoms with van der Waals surface area (Å²) in [5.74, 6) is 0. The van der Waals surface area contributed by atoms with Gasteiger partial charge >= 0.3 is 0 Å². The average Bonchev–Trinajstić information content (AvgIpc) is 2.42. The van der Waals surface area contributed by atoms with Crippen LogP contribution in [0.1, 0.15) is 16.8 Å². The van der Waals surface area contributed by atoms with Gasteiger partial charge in [0.05, 0.1) is 5.52 Å². The van der Waals surface area contributed by atoms with Crippen molar-refractivity contribution in [2.24, 2.45) is 0 Å². The van der Waals surface area contributed by atoms with Crippen LogP contribution in [-0.2, 0) is 0 Å². The molecule has 0 aliphatic rings. The number of nitrogens with zero attached hydrogens (tertiary/aromatic N) is 1. The molecular formula is C18H18N2. The van der Waals surface area contributed by atoms with E-state index in [0.29, 0.717) is 0 Å². The fraction of sp³-hybridized carbons (Fsp3) is 0.167. The third-order valence-corrected chi connectivity index (χ3v) is 3.51. The van der Waals surface area contributed by atoms with Gasteiger partial charge in [-0.3, -0.25) is 4.98 Å². The minimum atomic E-state index is 1.03. The summed E-state index contributed by atoms with van der Waals surface area (Å²) in [4.78, 5) is 4.60. The number of nitrogens with one attached hydrogen (secondary N) is 1. The molecule has 0 amide bonds. The van der Waals surface area contributed by atoms with Crippen LogP contribution >= 0.6 is 0 Å². The molecule has 0 radical (unpaired) electrons. The molecule has 0 bridgehead atoms. The lowest BCUT2D eigenvalue weighted by atomic mass is 10.1. The Labute approximate surface area is 119 Å². The summed E-state index contributed by atoms with van der Waals surface area (Å²) in [5, 5.41) is 4.71. The van der Waals surface area contributed by atoms with Crippen molar-refractivity contribution >= 4 is 22.3 Å². The number of para-hydroxylation sites is 1. The van der Waals surface area contributed by atoms with Crippen LogP contribution in [0.2, 0.25) is 0 Å². The second-order valence-electron chi connectivity index (χ2n) is 5.27. The van der Waals surface area contributed by atoms with Gasteiger partial charge in [-0.25, -0.2) is 0 Å². The van der Waals surface area contributed by atoms with Crippen LogP contribution < -0.4 is 5.32 Å². The molecule has 20 heavy (non-hydrogen) atoms. The zero-order valence-electron chi connectivity index (χ0n) is 12.1. The molecule has 2 aromatic carbocycles. The monoisotopic (exact) mass is 262 g/mol. The number of pyridine rings is 1. The first-order chi connectivity index (χ1) is 9.63. The topological polar surface area (TPSA) is 24.9 Å². The maximum atomic E-state index is 4.60. The molecule has 1 N–H and O–H groups in total. The fourth-order valence-electron chi connectivity index (χ4n) is 2.43. The highest BCUT2D eigenvalue weighted by molar-refractivity contribution is 5.93. The molecule has 0 spiro atoms. The normalized spacial score (nSPS) is 10.8. The Balaban J connectivity index is 2.15. The van der Waals surface area contributed by atoms with E-state index in [-0.39, 0.29) is 0 Å². The fourth-order valence-corrected chi connectivity index (χ4v) is 2.43. The van der Waals surface area contributed by atoms with E-state index in [1.54, 1.807) is 0 Å². The molecule has 0 aliphatic heterocycles. The number of hydrogen-bond acceptors (Lipinski definition) is 2. The summed E-state index contributed by atoms with van der Waals surface area (Å²) in [6.45, 7) is 6.25. The zero-order chi connectivity index (χ0) is 14.1. The van der Waals surface area contributed by atoms with Gasteiger partial charge in [0.1, 0.15) is 0 Å². The Morgan fingerprint density at radius 3 is 2.45 bits per heavy atom. The van der Waals surface area contributed by atoms with Crippen molar-refractivity contribution in [2.45, 2.75) is 20.8 Å². The smallest absolute Gasteiger partial charge is 0.0726 e. The van der Waals surface area contributed by atoms with E-state index in [0.717, 1.165) is 22.6 Å². The van der Waals surface area contributed by atoms with E-state index >= 15 is 0 Å². The molecule has 3 rings (SSSR count). The Bertz CT molecular complexity index is 775. The van der Waals surface area contributed by atoms with Crippen LogP contribution in [0, 0.1) is 20.8 Å². The van der Waals surface area contributed by atoms with E-state index in [1.807, 2.05) is 6.92 Å². The average molecular weight is 262 g/mol. The van der Waals surface area contributed by atoms with Gasteiger partial charge in [-0.15, -0.1) is 0 Å². The minimum Gasteiger partial charge on any atom is -0.355 e. The van der Waals surface area contributed by atoms with Crippen LogP contribution in [0.15, 0.2) is 48.5 Å². The Hall–Kier alpha value is -2.35. The third-order valence-electron chi connectivity index (χ3n) is 3.51. The first kappa shape index (κ1) is 12.7. The predicted molar refractivity (Wildman–Crippen MR) is 85.7 cm³/mol. The number of aryl methyl sites for hydroxylation is 3. The van der Waals surface area contributed by atoms with Crippen LogP contribution in [0.25, 0.3) is 10.9 Å². The number of aromatic nitrogens is 1. The molecule has 0 atom stereocenters. The van der Waals surface area contributed by atoms with Crippen LogP contribution in [0.4, 0.5) is 11.4 Å². The summed E-state index contributed by atoms with van der Waals surface area (Å²) in [5.41, 5.74) is 6.80.